The molecule has 0 saturated carbocycles. The third-order valence-corrected chi connectivity index (χ3v) is 6.03. The minimum absolute atomic E-state index is 0.0480. The van der Waals surface area contributed by atoms with Gasteiger partial charge in [0, 0.05) is 13.2 Å². The highest BCUT2D eigenvalue weighted by molar-refractivity contribution is 7.12. The molecule has 0 aliphatic rings. The number of amides is 2. The van der Waals surface area contributed by atoms with Crippen molar-refractivity contribution in [3.63, 3.8) is 0 Å². The van der Waals surface area contributed by atoms with Crippen molar-refractivity contribution in [3.05, 3.63) is 70.0 Å². The van der Waals surface area contributed by atoms with Crippen molar-refractivity contribution in [2.24, 2.45) is 0 Å². The first-order chi connectivity index (χ1) is 16.4. The van der Waals surface area contributed by atoms with Crippen molar-refractivity contribution in [1.29, 1.82) is 0 Å². The number of rotatable bonds is 8. The minimum Gasteiger partial charge on any atom is -0.382 e. The van der Waals surface area contributed by atoms with Crippen LogP contribution in [0.5, 0.6) is 0 Å². The second kappa shape index (κ2) is 10.0. The van der Waals surface area contributed by atoms with Crippen LogP contribution in [-0.4, -0.2) is 46.2 Å². The fourth-order valence-corrected chi connectivity index (χ4v) is 4.39. The molecule has 1 atom stereocenters. The Hall–Kier alpha value is -3.76. The predicted octanol–water partition coefficient (Wildman–Crippen LogP) is 3.30. The Bertz CT molecular complexity index is 1320. The number of methoxy groups -OCH3 is 1. The predicted molar refractivity (Wildman–Crippen MR) is 132 cm³/mol. The van der Waals surface area contributed by atoms with Crippen LogP contribution >= 0.6 is 11.3 Å². The second-order valence-electron chi connectivity index (χ2n) is 8.09. The van der Waals surface area contributed by atoms with Gasteiger partial charge in [-0.1, -0.05) is 30.3 Å². The summed E-state index contributed by atoms with van der Waals surface area (Å²) in [7, 11) is 1.60. The number of carbonyl (C=O) groups excluding carboxylic acids is 2. The molecular weight excluding hydrogens is 452 g/mol. The first-order valence-electron chi connectivity index (χ1n) is 10.8. The van der Waals surface area contributed by atoms with Crippen LogP contribution in [0.25, 0.3) is 16.8 Å². The third kappa shape index (κ3) is 5.08. The number of aromatic nitrogens is 3. The van der Waals surface area contributed by atoms with Gasteiger partial charge in [-0.15, -0.1) is 16.4 Å². The number of nitrogen functional groups attached to an aromatic ring is 1. The lowest BCUT2D eigenvalue weighted by Gasteiger charge is -2.17. The summed E-state index contributed by atoms with van der Waals surface area (Å²) in [6.07, 6.45) is 0. The second-order valence-corrected chi connectivity index (χ2v) is 9.00. The van der Waals surface area contributed by atoms with Gasteiger partial charge < -0.3 is 21.1 Å². The number of hydrogen-bond acceptors (Lipinski definition) is 7. The molecule has 9 nitrogen and oxygen atoms in total. The van der Waals surface area contributed by atoms with Crippen molar-refractivity contribution < 1.29 is 14.3 Å². The van der Waals surface area contributed by atoms with E-state index in [1.165, 1.54) is 15.9 Å². The van der Waals surface area contributed by atoms with E-state index in [1.54, 1.807) is 25.3 Å². The average Bonchev–Trinajstić information content (AvgIpc) is 3.44. The number of thiophene rings is 1. The highest BCUT2D eigenvalue weighted by Crippen LogP contribution is 2.28. The Morgan fingerprint density at radius 1 is 1.09 bits per heavy atom. The van der Waals surface area contributed by atoms with Gasteiger partial charge in [-0.05, 0) is 54.1 Å². The molecule has 4 aromatic rings. The molecule has 3 heterocycles. The van der Waals surface area contributed by atoms with Gasteiger partial charge in [0.2, 0.25) is 5.95 Å². The Labute approximate surface area is 201 Å². The van der Waals surface area contributed by atoms with Crippen molar-refractivity contribution in [1.82, 2.24) is 25.2 Å². The lowest BCUT2D eigenvalue weighted by molar-refractivity contribution is 0.0899. The molecule has 10 heteroatoms. The zero-order chi connectivity index (χ0) is 24.2. The fourth-order valence-electron chi connectivity index (χ4n) is 3.57. The summed E-state index contributed by atoms with van der Waals surface area (Å²) < 4.78 is 6.72. The number of fused-ring (bicyclic) bond motifs is 1. The van der Waals surface area contributed by atoms with Gasteiger partial charge in [0.15, 0.2) is 5.65 Å². The molecule has 0 fully saturated rings. The monoisotopic (exact) mass is 478 g/mol. The Balaban J connectivity index is 1.63. The average molecular weight is 479 g/mol. The number of carbonyl (C=O) groups is 2. The molecule has 0 spiro atoms. The third-order valence-electron chi connectivity index (χ3n) is 5.10. The van der Waals surface area contributed by atoms with Crippen LogP contribution in [0.2, 0.25) is 0 Å². The molecule has 0 radical (unpaired) electrons. The summed E-state index contributed by atoms with van der Waals surface area (Å²) in [4.78, 5) is 30.5. The van der Waals surface area contributed by atoms with Crippen LogP contribution in [-0.2, 0) is 4.74 Å². The molecule has 0 unspecified atom stereocenters. The molecule has 2 amide bonds. The fraction of sp³-hybridized carbons (Fsp3) is 0.250. The van der Waals surface area contributed by atoms with Crippen molar-refractivity contribution in [2.75, 3.05) is 19.5 Å². The van der Waals surface area contributed by atoms with Crippen LogP contribution in [0.15, 0.2) is 53.9 Å². The molecule has 176 valence electrons. The highest BCUT2D eigenvalue weighted by atomic mass is 32.1. The van der Waals surface area contributed by atoms with E-state index in [0.29, 0.717) is 22.8 Å². The largest absolute Gasteiger partial charge is 0.382 e. The molecule has 34 heavy (non-hydrogen) atoms. The van der Waals surface area contributed by atoms with Gasteiger partial charge in [0.05, 0.1) is 17.5 Å². The van der Waals surface area contributed by atoms with E-state index in [0.717, 1.165) is 16.7 Å². The van der Waals surface area contributed by atoms with E-state index in [4.69, 9.17) is 10.5 Å². The van der Waals surface area contributed by atoms with E-state index in [1.807, 2.05) is 49.6 Å². The molecular formula is C24H26N6O3S. The summed E-state index contributed by atoms with van der Waals surface area (Å²) in [6, 6.07) is 14.7. The number of nitrogens with two attached hydrogens (primary N) is 1. The molecule has 4 N–H and O–H groups in total. The molecule has 0 aliphatic carbocycles. The SMILES string of the molecule is COC[C@H](NC(=O)c1cc(-c2cc(C(=O)NC(C)C)n3nc(N)nc3c2)cs1)c1ccccc1. The van der Waals surface area contributed by atoms with Crippen molar-refractivity contribution in [3.8, 4) is 11.1 Å². The highest BCUT2D eigenvalue weighted by Gasteiger charge is 2.20. The molecule has 4 rings (SSSR count). The van der Waals surface area contributed by atoms with Crippen molar-refractivity contribution >= 4 is 34.7 Å². The van der Waals surface area contributed by atoms with E-state index in [2.05, 4.69) is 20.7 Å². The Kier molecular flexibility index (Phi) is 6.90. The first-order valence-corrected chi connectivity index (χ1v) is 11.6. The number of ether oxygens (including phenoxy) is 1. The van der Waals surface area contributed by atoms with Gasteiger partial charge >= 0.3 is 0 Å². The maximum atomic E-state index is 13.0. The number of hydrogen-bond donors (Lipinski definition) is 3. The van der Waals surface area contributed by atoms with Crippen LogP contribution in [0.1, 0.15) is 45.6 Å². The first kappa shape index (κ1) is 23.4. The summed E-state index contributed by atoms with van der Waals surface area (Å²) in [6.45, 7) is 4.11. The van der Waals surface area contributed by atoms with Crippen LogP contribution in [0.3, 0.4) is 0 Å². The molecule has 1 aromatic carbocycles. The lowest BCUT2D eigenvalue weighted by Crippen LogP contribution is -2.31. The number of anilines is 1. The van der Waals surface area contributed by atoms with Gasteiger partial charge in [-0.3, -0.25) is 9.59 Å². The Morgan fingerprint density at radius 2 is 1.85 bits per heavy atom. The summed E-state index contributed by atoms with van der Waals surface area (Å²) in [5.41, 5.74) is 9.03. The number of benzene rings is 1. The van der Waals surface area contributed by atoms with E-state index < -0.39 is 0 Å². The minimum atomic E-state index is -0.287. The topological polar surface area (TPSA) is 124 Å². The summed E-state index contributed by atoms with van der Waals surface area (Å²) >= 11 is 1.32. The lowest BCUT2D eigenvalue weighted by atomic mass is 10.1. The summed E-state index contributed by atoms with van der Waals surface area (Å²) in [5, 5.41) is 11.9. The van der Waals surface area contributed by atoms with Gasteiger partial charge in [-0.2, -0.15) is 4.98 Å². The van der Waals surface area contributed by atoms with E-state index in [9.17, 15) is 9.59 Å². The van der Waals surface area contributed by atoms with E-state index >= 15 is 0 Å². The molecule has 0 aliphatic heterocycles. The quantitative estimate of drug-likeness (QED) is 0.357. The maximum Gasteiger partial charge on any atom is 0.270 e. The molecule has 0 saturated heterocycles. The maximum absolute atomic E-state index is 13.0. The standard InChI is InChI=1S/C24H26N6O3S/c1-14(2)26-22(31)19-9-16(11-21-28-24(25)29-30(19)21)17-10-20(34-13-17)23(32)27-18(12-33-3)15-7-5-4-6-8-15/h4-11,13-14,18H,12H2,1-3H3,(H2,25,29)(H,26,31)(H,27,32)/t18-/m0/s1. The van der Waals surface area contributed by atoms with Gasteiger partial charge in [0.1, 0.15) is 5.69 Å². The van der Waals surface area contributed by atoms with Gasteiger partial charge in [-0.25, -0.2) is 4.52 Å². The van der Waals surface area contributed by atoms with Gasteiger partial charge in [0.25, 0.3) is 11.8 Å². The summed E-state index contributed by atoms with van der Waals surface area (Å²) in [5.74, 6) is -0.413. The number of nitrogens with zero attached hydrogens (tertiary/aromatic N) is 3. The zero-order valence-corrected chi connectivity index (χ0v) is 19.9. The smallest absolute Gasteiger partial charge is 0.270 e. The molecule has 3 aromatic heterocycles. The van der Waals surface area contributed by atoms with Crippen LogP contribution in [0.4, 0.5) is 5.95 Å². The van der Waals surface area contributed by atoms with Crippen LogP contribution < -0.4 is 16.4 Å². The molecule has 0 bridgehead atoms. The Morgan fingerprint density at radius 3 is 2.56 bits per heavy atom. The normalized spacial score (nSPS) is 12.1. The number of pyridine rings is 1. The number of nitrogens with one attached hydrogen (secondary N) is 2. The van der Waals surface area contributed by atoms with E-state index in [-0.39, 0.29) is 29.8 Å². The van der Waals surface area contributed by atoms with Crippen LogP contribution in [0, 0.1) is 0 Å². The zero-order valence-electron chi connectivity index (χ0n) is 19.1. The van der Waals surface area contributed by atoms with Crippen molar-refractivity contribution in [2.45, 2.75) is 25.9 Å².